The summed E-state index contributed by atoms with van der Waals surface area (Å²) in [4.78, 5) is 14.5. The largest absolute Gasteiger partial charge is 0.418 e. The zero-order valence-electron chi connectivity index (χ0n) is 17.0. The molecule has 2 aromatic rings. The summed E-state index contributed by atoms with van der Waals surface area (Å²) in [5, 5.41) is 14.3. The lowest BCUT2D eigenvalue weighted by atomic mass is 10.1. The van der Waals surface area contributed by atoms with E-state index in [-0.39, 0.29) is 5.57 Å². The molecule has 0 unspecified atom stereocenters. The molecule has 0 aliphatic heterocycles. The van der Waals surface area contributed by atoms with Gasteiger partial charge in [0.05, 0.1) is 11.3 Å². The van der Waals surface area contributed by atoms with Gasteiger partial charge in [0.1, 0.15) is 11.6 Å². The molecule has 30 heavy (non-hydrogen) atoms. The highest BCUT2D eigenvalue weighted by molar-refractivity contribution is 6.07. The van der Waals surface area contributed by atoms with Gasteiger partial charge in [-0.25, -0.2) is 0 Å². The number of hydrogen-bond donors (Lipinski definition) is 2. The van der Waals surface area contributed by atoms with E-state index in [1.54, 1.807) is 6.07 Å². The third-order valence-electron chi connectivity index (χ3n) is 4.56. The first-order chi connectivity index (χ1) is 14.2. The Hall–Kier alpha value is -3.47. The molecule has 0 atom stereocenters. The number of carbonyl (C=O) groups excluding carboxylic acids is 1. The second kappa shape index (κ2) is 9.83. The molecule has 0 saturated carbocycles. The van der Waals surface area contributed by atoms with Crippen molar-refractivity contribution in [2.24, 2.45) is 0 Å². The normalized spacial score (nSPS) is 11.6. The second-order valence-electron chi connectivity index (χ2n) is 6.48. The molecule has 0 aliphatic carbocycles. The van der Waals surface area contributed by atoms with Crippen LogP contribution in [0.4, 0.5) is 30.2 Å². The number of nitrogens with one attached hydrogen (secondary N) is 2. The maximum atomic E-state index is 13.1. The maximum Gasteiger partial charge on any atom is 0.418 e. The lowest BCUT2D eigenvalue weighted by Gasteiger charge is -2.22. The molecule has 8 heteroatoms. The summed E-state index contributed by atoms with van der Waals surface area (Å²) in [5.41, 5.74) is 0.897. The molecule has 2 rings (SSSR count). The van der Waals surface area contributed by atoms with Gasteiger partial charge in [0.2, 0.25) is 0 Å². The molecule has 2 aromatic carbocycles. The Kier molecular flexibility index (Phi) is 7.48. The predicted molar refractivity (Wildman–Crippen MR) is 112 cm³/mol. The lowest BCUT2D eigenvalue weighted by molar-refractivity contribution is -0.137. The highest BCUT2D eigenvalue weighted by atomic mass is 19.4. The number of aryl methyl sites for hydroxylation is 1. The quantitative estimate of drug-likeness (QED) is 0.474. The summed E-state index contributed by atoms with van der Waals surface area (Å²) in [5.74, 6) is -0.931. The number of benzene rings is 2. The van der Waals surface area contributed by atoms with Gasteiger partial charge in [-0.15, -0.1) is 0 Å². The summed E-state index contributed by atoms with van der Waals surface area (Å²) >= 11 is 0. The minimum atomic E-state index is -4.62. The molecule has 0 radical (unpaired) electrons. The van der Waals surface area contributed by atoms with Gasteiger partial charge in [-0.1, -0.05) is 12.1 Å². The van der Waals surface area contributed by atoms with E-state index in [1.165, 1.54) is 18.3 Å². The van der Waals surface area contributed by atoms with E-state index < -0.39 is 23.3 Å². The first-order valence-electron chi connectivity index (χ1n) is 9.41. The molecule has 0 heterocycles. The van der Waals surface area contributed by atoms with E-state index in [0.717, 1.165) is 36.5 Å². The van der Waals surface area contributed by atoms with Gasteiger partial charge >= 0.3 is 6.18 Å². The van der Waals surface area contributed by atoms with Crippen LogP contribution >= 0.6 is 0 Å². The minimum absolute atomic E-state index is 0.348. The van der Waals surface area contributed by atoms with E-state index in [4.69, 9.17) is 0 Å². The van der Waals surface area contributed by atoms with Crippen LogP contribution in [0, 0.1) is 18.3 Å². The van der Waals surface area contributed by atoms with Crippen LogP contribution in [0.1, 0.15) is 25.0 Å². The average Bonchev–Trinajstić information content (AvgIpc) is 2.70. The molecule has 5 nitrogen and oxygen atoms in total. The van der Waals surface area contributed by atoms with E-state index in [1.807, 2.05) is 25.1 Å². The maximum absolute atomic E-state index is 13.1. The van der Waals surface area contributed by atoms with Gasteiger partial charge in [0.25, 0.3) is 5.91 Å². The Balaban J connectivity index is 2.19. The number of para-hydroxylation sites is 1. The number of halogens is 3. The van der Waals surface area contributed by atoms with Crippen LogP contribution < -0.4 is 15.5 Å². The molecule has 0 aliphatic rings. The van der Waals surface area contributed by atoms with Crippen molar-refractivity contribution in [3.8, 4) is 6.07 Å². The van der Waals surface area contributed by atoms with E-state index >= 15 is 0 Å². The summed E-state index contributed by atoms with van der Waals surface area (Å²) in [6.07, 6.45) is -3.44. The Bertz CT molecular complexity index is 973. The van der Waals surface area contributed by atoms with Crippen LogP contribution in [0.15, 0.2) is 54.2 Å². The molecular weight excluding hydrogens is 393 g/mol. The van der Waals surface area contributed by atoms with Gasteiger partial charge in [0.15, 0.2) is 0 Å². The standard InChI is InChI=1S/C22H23F3N4O/c1-4-29(5-2)17-10-11-19(15(3)12-17)27-14-16(13-26)21(30)28-20-9-7-6-8-18(20)22(23,24)25/h6-12,14,27H,4-5H2,1-3H3,(H,28,30)/b16-14-. The molecule has 0 spiro atoms. The monoisotopic (exact) mass is 416 g/mol. The van der Waals surface area contributed by atoms with Crippen molar-refractivity contribution >= 4 is 23.0 Å². The fourth-order valence-corrected chi connectivity index (χ4v) is 2.92. The predicted octanol–water partition coefficient (Wildman–Crippen LogP) is 5.32. The molecule has 158 valence electrons. The minimum Gasteiger partial charge on any atom is -0.372 e. The number of nitriles is 1. The van der Waals surface area contributed by atoms with E-state index in [9.17, 15) is 23.2 Å². The van der Waals surface area contributed by atoms with Gasteiger partial charge in [-0.3, -0.25) is 4.79 Å². The van der Waals surface area contributed by atoms with Crippen molar-refractivity contribution in [1.82, 2.24) is 0 Å². The van der Waals surface area contributed by atoms with Crippen molar-refractivity contribution in [3.05, 3.63) is 65.4 Å². The number of alkyl halides is 3. The van der Waals surface area contributed by atoms with Crippen LogP contribution in [-0.4, -0.2) is 19.0 Å². The van der Waals surface area contributed by atoms with Crippen LogP contribution in [0.3, 0.4) is 0 Å². The highest BCUT2D eigenvalue weighted by Gasteiger charge is 2.33. The fourth-order valence-electron chi connectivity index (χ4n) is 2.92. The SMILES string of the molecule is CCN(CC)c1ccc(N/C=C(/C#N)C(=O)Nc2ccccc2C(F)(F)F)c(C)c1. The van der Waals surface area contributed by atoms with E-state index in [0.29, 0.717) is 5.69 Å². The first kappa shape index (κ1) is 22.8. The fraction of sp³-hybridized carbons (Fsp3) is 0.273. The van der Waals surface area contributed by atoms with Crippen molar-refractivity contribution in [2.75, 3.05) is 28.6 Å². The van der Waals surface area contributed by atoms with Crippen LogP contribution in [-0.2, 0) is 11.0 Å². The lowest BCUT2D eigenvalue weighted by Crippen LogP contribution is -2.21. The van der Waals surface area contributed by atoms with Crippen LogP contribution in [0.2, 0.25) is 0 Å². The molecule has 0 bridgehead atoms. The van der Waals surface area contributed by atoms with Crippen molar-refractivity contribution in [3.63, 3.8) is 0 Å². The van der Waals surface area contributed by atoms with Gasteiger partial charge in [-0.2, -0.15) is 18.4 Å². The zero-order valence-corrected chi connectivity index (χ0v) is 17.0. The van der Waals surface area contributed by atoms with Crippen LogP contribution in [0.5, 0.6) is 0 Å². The van der Waals surface area contributed by atoms with Gasteiger partial charge < -0.3 is 15.5 Å². The van der Waals surface area contributed by atoms with Crippen LogP contribution in [0.25, 0.3) is 0 Å². The smallest absolute Gasteiger partial charge is 0.372 e. The molecule has 0 fully saturated rings. The Morgan fingerprint density at radius 3 is 2.37 bits per heavy atom. The Labute approximate surface area is 173 Å². The number of nitrogens with zero attached hydrogens (tertiary/aromatic N) is 2. The van der Waals surface area contributed by atoms with Gasteiger partial charge in [-0.05, 0) is 56.7 Å². The summed E-state index contributed by atoms with van der Waals surface area (Å²) in [6, 6.07) is 12.0. The van der Waals surface area contributed by atoms with Crippen molar-refractivity contribution < 1.29 is 18.0 Å². The Morgan fingerprint density at radius 2 is 1.80 bits per heavy atom. The van der Waals surface area contributed by atoms with E-state index in [2.05, 4.69) is 29.4 Å². The highest BCUT2D eigenvalue weighted by Crippen LogP contribution is 2.34. The summed E-state index contributed by atoms with van der Waals surface area (Å²) in [7, 11) is 0. The molecule has 1 amide bonds. The third-order valence-corrected chi connectivity index (χ3v) is 4.56. The van der Waals surface area contributed by atoms with Gasteiger partial charge in [0, 0.05) is 30.7 Å². The number of anilines is 3. The third kappa shape index (κ3) is 5.54. The molecule has 2 N–H and O–H groups in total. The topological polar surface area (TPSA) is 68.2 Å². The molecule has 0 aromatic heterocycles. The molecule has 0 saturated heterocycles. The number of hydrogen-bond acceptors (Lipinski definition) is 4. The number of rotatable bonds is 7. The molecular formula is C22H23F3N4O. The number of amides is 1. The first-order valence-corrected chi connectivity index (χ1v) is 9.41. The van der Waals surface area contributed by atoms with Crippen molar-refractivity contribution in [1.29, 1.82) is 5.26 Å². The summed E-state index contributed by atoms with van der Waals surface area (Å²) < 4.78 is 39.3. The van der Waals surface area contributed by atoms with Crippen molar-refractivity contribution in [2.45, 2.75) is 26.9 Å². The zero-order chi connectivity index (χ0) is 22.3. The summed E-state index contributed by atoms with van der Waals surface area (Å²) in [6.45, 7) is 7.72. The number of carbonyl (C=O) groups is 1. The Morgan fingerprint density at radius 1 is 1.13 bits per heavy atom. The average molecular weight is 416 g/mol. The second-order valence-corrected chi connectivity index (χ2v) is 6.48.